The van der Waals surface area contributed by atoms with Gasteiger partial charge < -0.3 is 9.15 Å². The molecular formula is C23H14Cl2N6O7S. The lowest BCUT2D eigenvalue weighted by Crippen LogP contribution is -2.13. The lowest BCUT2D eigenvalue weighted by atomic mass is 10.1. The van der Waals surface area contributed by atoms with E-state index in [2.05, 4.69) is 20.7 Å². The number of nitrogens with one attached hydrogen (secondary N) is 1. The minimum Gasteiger partial charge on any atom is -0.482 e. The molecule has 0 unspecified atom stereocenters. The fraction of sp³-hybridized carbons (Fsp3) is 0.0435. The summed E-state index contributed by atoms with van der Waals surface area (Å²) in [6.07, 6.45) is 0. The van der Waals surface area contributed by atoms with Gasteiger partial charge in [0.25, 0.3) is 22.5 Å². The molecule has 0 saturated carbocycles. The van der Waals surface area contributed by atoms with Gasteiger partial charge in [0.05, 0.1) is 20.6 Å². The van der Waals surface area contributed by atoms with Gasteiger partial charge in [0.2, 0.25) is 5.78 Å². The van der Waals surface area contributed by atoms with Crippen LogP contribution in [0.15, 0.2) is 81.5 Å². The van der Waals surface area contributed by atoms with Gasteiger partial charge in [-0.3, -0.25) is 30.4 Å². The Kier molecular flexibility index (Phi) is 8.70. The molecule has 0 fully saturated rings. The molecule has 0 amide bonds. The van der Waals surface area contributed by atoms with Crippen molar-refractivity contribution in [3.8, 4) is 5.75 Å². The number of carbonyl (C=O) groups is 1. The van der Waals surface area contributed by atoms with E-state index in [9.17, 15) is 25.0 Å². The molecule has 1 N–H and O–H groups in total. The number of non-ortho nitro benzene ring substituents is 2. The van der Waals surface area contributed by atoms with E-state index in [0.717, 1.165) is 6.07 Å². The van der Waals surface area contributed by atoms with Crippen molar-refractivity contribution in [2.45, 2.75) is 11.8 Å². The van der Waals surface area contributed by atoms with Gasteiger partial charge in [-0.15, -0.1) is 10.2 Å². The van der Waals surface area contributed by atoms with Gasteiger partial charge in [-0.1, -0.05) is 35.3 Å². The molecule has 0 atom stereocenters. The summed E-state index contributed by atoms with van der Waals surface area (Å²) in [4.78, 5) is 34.1. The number of hydrogen-bond acceptors (Lipinski definition) is 12. The maximum absolute atomic E-state index is 13.2. The molecule has 0 spiro atoms. The molecule has 0 radical (unpaired) electrons. The summed E-state index contributed by atoms with van der Waals surface area (Å²) >= 11 is 12.7. The number of aromatic nitrogens is 2. The van der Waals surface area contributed by atoms with Crippen LogP contribution in [0.1, 0.15) is 16.2 Å². The number of ketones is 1. The van der Waals surface area contributed by atoms with E-state index in [1.807, 2.05) is 0 Å². The Morgan fingerprint density at radius 2 is 1.74 bits per heavy atom. The summed E-state index contributed by atoms with van der Waals surface area (Å²) in [5.41, 5.74) is 2.54. The number of halogens is 2. The summed E-state index contributed by atoms with van der Waals surface area (Å²) in [6.45, 7) is -0.138. The third-order valence-corrected chi connectivity index (χ3v) is 6.10. The van der Waals surface area contributed by atoms with Crippen LogP contribution in [-0.2, 0) is 6.61 Å². The summed E-state index contributed by atoms with van der Waals surface area (Å²) in [5, 5.41) is 34.3. The molecule has 16 heteroatoms. The van der Waals surface area contributed by atoms with Crippen molar-refractivity contribution in [2.24, 2.45) is 5.10 Å². The number of carbonyl (C=O) groups excluding carboxylic acids is 1. The highest BCUT2D eigenvalue weighted by atomic mass is 35.5. The second-order valence-electron chi connectivity index (χ2n) is 7.40. The second-order valence-corrected chi connectivity index (χ2v) is 9.18. The van der Waals surface area contributed by atoms with E-state index in [1.165, 1.54) is 48.5 Å². The molecule has 3 aromatic carbocycles. The van der Waals surface area contributed by atoms with E-state index in [-0.39, 0.29) is 44.7 Å². The SMILES string of the molecule is O=C(/C(=N\Nc1ccc([N+](=O)[O-])cc1)Sc1nnc(COc2ccc(Cl)cc2Cl)o1)c1cccc([N+](=O)[O-])c1. The van der Waals surface area contributed by atoms with E-state index in [4.69, 9.17) is 32.4 Å². The van der Waals surface area contributed by atoms with Gasteiger partial charge in [-0.05, 0) is 42.1 Å². The number of thioether (sulfide) groups is 1. The molecule has 4 aromatic rings. The molecular weight excluding hydrogens is 575 g/mol. The zero-order chi connectivity index (χ0) is 27.9. The fourth-order valence-electron chi connectivity index (χ4n) is 2.93. The Balaban J connectivity index is 1.55. The smallest absolute Gasteiger partial charge is 0.283 e. The largest absolute Gasteiger partial charge is 0.482 e. The second kappa shape index (κ2) is 12.3. The average Bonchev–Trinajstić information content (AvgIpc) is 3.37. The van der Waals surface area contributed by atoms with Crippen LogP contribution in [0.5, 0.6) is 5.75 Å². The van der Waals surface area contributed by atoms with Crippen LogP contribution in [0, 0.1) is 20.2 Å². The molecule has 198 valence electrons. The van der Waals surface area contributed by atoms with Gasteiger partial charge in [0, 0.05) is 34.9 Å². The zero-order valence-electron chi connectivity index (χ0n) is 19.3. The van der Waals surface area contributed by atoms with Crippen molar-refractivity contribution < 1.29 is 23.8 Å². The van der Waals surface area contributed by atoms with Gasteiger partial charge in [0.15, 0.2) is 11.7 Å². The summed E-state index contributed by atoms with van der Waals surface area (Å²) in [6, 6.07) is 15.1. The van der Waals surface area contributed by atoms with Crippen LogP contribution in [-0.4, -0.2) is 30.9 Å². The number of rotatable bonds is 10. The number of Topliss-reactive ketones (excluding diaryl/α,β-unsaturated/α-hetero) is 1. The van der Waals surface area contributed by atoms with Crippen LogP contribution in [0.3, 0.4) is 0 Å². The van der Waals surface area contributed by atoms with Crippen LogP contribution >= 0.6 is 35.0 Å². The highest BCUT2D eigenvalue weighted by Crippen LogP contribution is 2.29. The Labute approximate surface area is 233 Å². The van der Waals surface area contributed by atoms with Gasteiger partial charge in [-0.2, -0.15) is 5.10 Å². The van der Waals surface area contributed by atoms with Crippen molar-refractivity contribution in [2.75, 3.05) is 5.43 Å². The third-order valence-electron chi connectivity index (χ3n) is 4.76. The Hall–Kier alpha value is -4.53. The van der Waals surface area contributed by atoms with E-state index in [1.54, 1.807) is 12.1 Å². The Morgan fingerprint density at radius 3 is 2.44 bits per heavy atom. The monoisotopic (exact) mass is 588 g/mol. The lowest BCUT2D eigenvalue weighted by Gasteiger charge is -2.06. The number of nitro benzene ring substituents is 2. The lowest BCUT2D eigenvalue weighted by molar-refractivity contribution is -0.385. The van der Waals surface area contributed by atoms with Crippen molar-refractivity contribution in [3.63, 3.8) is 0 Å². The minimum atomic E-state index is -0.679. The zero-order valence-corrected chi connectivity index (χ0v) is 21.6. The molecule has 1 heterocycles. The van der Waals surface area contributed by atoms with Crippen molar-refractivity contribution in [1.82, 2.24) is 10.2 Å². The quantitative estimate of drug-likeness (QED) is 0.0559. The molecule has 0 aliphatic rings. The average molecular weight is 589 g/mol. The summed E-state index contributed by atoms with van der Waals surface area (Å²) in [5.74, 6) is -0.278. The first-order valence-corrected chi connectivity index (χ1v) is 12.2. The molecule has 0 bridgehead atoms. The topological polar surface area (TPSA) is 176 Å². The predicted molar refractivity (Wildman–Crippen MR) is 143 cm³/mol. The fourth-order valence-corrected chi connectivity index (χ4v) is 4.08. The third kappa shape index (κ3) is 7.28. The van der Waals surface area contributed by atoms with Gasteiger partial charge in [-0.25, -0.2) is 0 Å². The maximum atomic E-state index is 13.2. The van der Waals surface area contributed by atoms with Crippen LogP contribution in [0.2, 0.25) is 10.0 Å². The highest BCUT2D eigenvalue weighted by Gasteiger charge is 2.22. The van der Waals surface area contributed by atoms with E-state index >= 15 is 0 Å². The van der Waals surface area contributed by atoms with Gasteiger partial charge in [0.1, 0.15) is 5.75 Å². The van der Waals surface area contributed by atoms with E-state index in [0.29, 0.717) is 28.2 Å². The van der Waals surface area contributed by atoms with Crippen molar-refractivity contribution in [3.05, 3.63) is 108 Å². The molecule has 0 aliphatic heterocycles. The van der Waals surface area contributed by atoms with Crippen LogP contribution < -0.4 is 10.2 Å². The minimum absolute atomic E-state index is 0.0126. The standard InChI is InChI=1S/C23H14Cl2N6O7S/c24-14-4-9-19(18(25)11-14)37-12-20-27-29-23(38-20)39-22(21(32)13-2-1-3-17(10-13)31(35)36)28-26-15-5-7-16(8-6-15)30(33)34/h1-11,26H,12H2/b28-22+. The maximum Gasteiger partial charge on any atom is 0.283 e. The van der Waals surface area contributed by atoms with Crippen LogP contribution in [0.25, 0.3) is 0 Å². The first-order valence-electron chi connectivity index (χ1n) is 10.6. The molecule has 0 aliphatic carbocycles. The molecule has 4 rings (SSSR count). The number of hydrogen-bond donors (Lipinski definition) is 1. The first-order chi connectivity index (χ1) is 18.7. The Morgan fingerprint density at radius 1 is 1.00 bits per heavy atom. The summed E-state index contributed by atoms with van der Waals surface area (Å²) < 4.78 is 11.1. The number of nitro groups is 2. The molecule has 1 aromatic heterocycles. The molecule has 13 nitrogen and oxygen atoms in total. The number of hydrazone groups is 1. The molecule has 0 saturated heterocycles. The Bertz CT molecular complexity index is 1580. The highest BCUT2D eigenvalue weighted by molar-refractivity contribution is 8.15. The number of ether oxygens (including phenoxy) is 1. The van der Waals surface area contributed by atoms with Crippen molar-refractivity contribution >= 4 is 62.9 Å². The first kappa shape index (κ1) is 27.5. The van der Waals surface area contributed by atoms with Gasteiger partial charge >= 0.3 is 0 Å². The molecule has 39 heavy (non-hydrogen) atoms. The predicted octanol–water partition coefficient (Wildman–Crippen LogP) is 6.17. The number of benzene rings is 3. The van der Waals surface area contributed by atoms with Crippen LogP contribution in [0.4, 0.5) is 17.1 Å². The van der Waals surface area contributed by atoms with Crippen molar-refractivity contribution in [1.29, 1.82) is 0 Å². The summed E-state index contributed by atoms with van der Waals surface area (Å²) in [7, 11) is 0. The normalized spacial score (nSPS) is 11.2. The van der Waals surface area contributed by atoms with E-state index < -0.39 is 15.6 Å². The number of nitrogens with zero attached hydrogens (tertiary/aromatic N) is 5. The number of anilines is 1.